The minimum atomic E-state index is 0.941. The molecular weight excluding hydrogens is 184 g/mol. The molecule has 0 N–H and O–H groups in total. The van der Waals surface area contributed by atoms with Gasteiger partial charge >= 0.3 is 0 Å². The van der Waals surface area contributed by atoms with E-state index in [0.717, 1.165) is 11.0 Å². The predicted molar refractivity (Wildman–Crippen MR) is 61.7 cm³/mol. The van der Waals surface area contributed by atoms with Gasteiger partial charge in [-0.1, -0.05) is 42.5 Å². The third-order valence-electron chi connectivity index (χ3n) is 2.56. The fraction of sp³-hybridized carbons (Fsp3) is 0. The van der Waals surface area contributed by atoms with Crippen LogP contribution in [0.2, 0.25) is 0 Å². The molecule has 72 valence electrons. The van der Waals surface area contributed by atoms with Gasteiger partial charge in [0.15, 0.2) is 0 Å². The summed E-state index contributed by atoms with van der Waals surface area (Å²) in [5.41, 5.74) is 3.35. The lowest BCUT2D eigenvalue weighted by Crippen LogP contribution is -1.75. The highest BCUT2D eigenvalue weighted by Crippen LogP contribution is 2.24. The van der Waals surface area contributed by atoms with Crippen molar-refractivity contribution < 1.29 is 4.42 Å². The highest BCUT2D eigenvalue weighted by atomic mass is 16.3. The Hall–Kier alpha value is -2.02. The minimum absolute atomic E-state index is 0.941. The van der Waals surface area contributed by atoms with E-state index < -0.39 is 0 Å². The van der Waals surface area contributed by atoms with Crippen LogP contribution < -0.4 is 0 Å². The molecule has 1 nitrogen and oxygen atoms in total. The summed E-state index contributed by atoms with van der Waals surface area (Å²) in [7, 11) is 0. The van der Waals surface area contributed by atoms with Crippen LogP contribution >= 0.6 is 0 Å². The Morgan fingerprint density at radius 1 is 0.733 bits per heavy atom. The molecular formula is C14H10O. The van der Waals surface area contributed by atoms with Gasteiger partial charge in [-0.2, -0.15) is 0 Å². The molecule has 0 amide bonds. The van der Waals surface area contributed by atoms with E-state index in [0.29, 0.717) is 0 Å². The largest absolute Gasteiger partial charge is 0.464 e. The van der Waals surface area contributed by atoms with Crippen molar-refractivity contribution in [1.82, 2.24) is 0 Å². The Morgan fingerprint density at radius 2 is 1.60 bits per heavy atom. The van der Waals surface area contributed by atoms with Crippen molar-refractivity contribution in [2.24, 2.45) is 0 Å². The smallest absolute Gasteiger partial charge is 0.134 e. The van der Waals surface area contributed by atoms with Gasteiger partial charge in [-0.25, -0.2) is 0 Å². The first kappa shape index (κ1) is 8.30. The lowest BCUT2D eigenvalue weighted by Gasteiger charge is -2.00. The zero-order valence-corrected chi connectivity index (χ0v) is 8.18. The normalized spacial score (nSPS) is 10.7. The van der Waals surface area contributed by atoms with E-state index in [1.807, 2.05) is 24.3 Å². The van der Waals surface area contributed by atoms with E-state index in [4.69, 9.17) is 4.42 Å². The molecule has 2 aromatic carbocycles. The molecule has 15 heavy (non-hydrogen) atoms. The van der Waals surface area contributed by atoms with Gasteiger partial charge in [-0.3, -0.25) is 0 Å². The molecule has 1 aromatic heterocycles. The first-order chi connectivity index (χ1) is 7.43. The van der Waals surface area contributed by atoms with E-state index in [-0.39, 0.29) is 0 Å². The first-order valence-corrected chi connectivity index (χ1v) is 4.96. The van der Waals surface area contributed by atoms with E-state index in [2.05, 4.69) is 30.3 Å². The van der Waals surface area contributed by atoms with Crippen LogP contribution in [0.4, 0.5) is 0 Å². The Kier molecular flexibility index (Phi) is 1.82. The highest BCUT2D eigenvalue weighted by Gasteiger charge is 2.00. The predicted octanol–water partition coefficient (Wildman–Crippen LogP) is 4.10. The maximum Gasteiger partial charge on any atom is 0.134 e. The summed E-state index contributed by atoms with van der Waals surface area (Å²) in [5.74, 6) is 0. The quantitative estimate of drug-likeness (QED) is 0.568. The fourth-order valence-electron chi connectivity index (χ4n) is 1.76. The number of hydrogen-bond acceptors (Lipinski definition) is 1. The Balaban J connectivity index is 2.19. The topological polar surface area (TPSA) is 13.1 Å². The van der Waals surface area contributed by atoms with Gasteiger partial charge < -0.3 is 4.42 Å². The van der Waals surface area contributed by atoms with E-state index in [9.17, 15) is 0 Å². The van der Waals surface area contributed by atoms with Crippen molar-refractivity contribution in [1.29, 1.82) is 0 Å². The molecule has 1 heteroatoms. The van der Waals surface area contributed by atoms with Crippen molar-refractivity contribution >= 4 is 11.0 Å². The molecule has 1 heterocycles. The summed E-state index contributed by atoms with van der Waals surface area (Å²) in [6.07, 6.45) is 1.72. The summed E-state index contributed by atoms with van der Waals surface area (Å²) in [4.78, 5) is 0. The molecule has 3 aromatic rings. The molecule has 0 atom stereocenters. The van der Waals surface area contributed by atoms with Crippen molar-refractivity contribution in [2.75, 3.05) is 0 Å². The van der Waals surface area contributed by atoms with Crippen LogP contribution in [0.15, 0.2) is 65.3 Å². The average molecular weight is 194 g/mol. The van der Waals surface area contributed by atoms with Crippen LogP contribution in [0.25, 0.3) is 22.1 Å². The maximum absolute atomic E-state index is 5.38. The minimum Gasteiger partial charge on any atom is -0.464 e. The van der Waals surface area contributed by atoms with Gasteiger partial charge in [0.05, 0.1) is 6.26 Å². The summed E-state index contributed by atoms with van der Waals surface area (Å²) < 4.78 is 5.38. The zero-order valence-electron chi connectivity index (χ0n) is 8.18. The number of fused-ring (bicyclic) bond motifs is 1. The summed E-state index contributed by atoms with van der Waals surface area (Å²) in [5, 5.41) is 1.15. The Bertz CT molecular complexity index is 578. The van der Waals surface area contributed by atoms with Gasteiger partial charge in [0.2, 0.25) is 0 Å². The number of hydrogen-bond donors (Lipinski definition) is 0. The molecule has 3 rings (SSSR count). The molecule has 0 bridgehead atoms. The van der Waals surface area contributed by atoms with Crippen LogP contribution in [0, 0.1) is 0 Å². The second-order valence-electron chi connectivity index (χ2n) is 3.54. The van der Waals surface area contributed by atoms with Crippen LogP contribution in [-0.2, 0) is 0 Å². The molecule has 0 radical (unpaired) electrons. The SMILES string of the molecule is c1ccc(-c2ccc3ccoc3c2)cc1. The van der Waals surface area contributed by atoms with E-state index in [1.165, 1.54) is 11.1 Å². The average Bonchev–Trinajstić information content (AvgIpc) is 2.77. The van der Waals surface area contributed by atoms with Crippen LogP contribution in [-0.4, -0.2) is 0 Å². The molecule has 0 spiro atoms. The zero-order chi connectivity index (χ0) is 10.1. The molecule has 0 fully saturated rings. The number of rotatable bonds is 1. The summed E-state index contributed by atoms with van der Waals surface area (Å²) in [6, 6.07) is 18.6. The van der Waals surface area contributed by atoms with Gasteiger partial charge in [-0.15, -0.1) is 0 Å². The Labute approximate surface area is 88.0 Å². The number of furan rings is 1. The summed E-state index contributed by atoms with van der Waals surface area (Å²) in [6.45, 7) is 0. The van der Waals surface area contributed by atoms with Crippen molar-refractivity contribution in [3.8, 4) is 11.1 Å². The van der Waals surface area contributed by atoms with E-state index >= 15 is 0 Å². The van der Waals surface area contributed by atoms with Crippen LogP contribution in [0.3, 0.4) is 0 Å². The molecule has 0 saturated carbocycles. The second kappa shape index (κ2) is 3.28. The van der Waals surface area contributed by atoms with Gasteiger partial charge in [0, 0.05) is 5.39 Å². The third-order valence-corrected chi connectivity index (χ3v) is 2.56. The summed E-state index contributed by atoms with van der Waals surface area (Å²) >= 11 is 0. The lowest BCUT2D eigenvalue weighted by molar-refractivity contribution is 0.616. The lowest BCUT2D eigenvalue weighted by atomic mass is 10.1. The maximum atomic E-state index is 5.38. The van der Waals surface area contributed by atoms with Gasteiger partial charge in [0.25, 0.3) is 0 Å². The molecule has 0 saturated heterocycles. The van der Waals surface area contributed by atoms with Crippen molar-refractivity contribution in [3.05, 3.63) is 60.9 Å². The molecule has 0 aliphatic heterocycles. The van der Waals surface area contributed by atoms with Crippen molar-refractivity contribution in [2.45, 2.75) is 0 Å². The van der Waals surface area contributed by atoms with Crippen LogP contribution in [0.5, 0.6) is 0 Å². The van der Waals surface area contributed by atoms with Gasteiger partial charge in [0.1, 0.15) is 5.58 Å². The monoisotopic (exact) mass is 194 g/mol. The Morgan fingerprint density at radius 3 is 2.47 bits per heavy atom. The molecule has 0 aliphatic rings. The van der Waals surface area contributed by atoms with Crippen LogP contribution in [0.1, 0.15) is 0 Å². The standard InChI is InChI=1S/C14H10O/c1-2-4-11(5-3-1)13-7-6-12-8-9-15-14(12)10-13/h1-10H. The molecule has 0 unspecified atom stereocenters. The fourth-order valence-corrected chi connectivity index (χ4v) is 1.76. The van der Waals surface area contributed by atoms with Crippen molar-refractivity contribution in [3.63, 3.8) is 0 Å². The van der Waals surface area contributed by atoms with E-state index in [1.54, 1.807) is 6.26 Å². The second-order valence-corrected chi connectivity index (χ2v) is 3.54. The van der Waals surface area contributed by atoms with Gasteiger partial charge in [-0.05, 0) is 23.3 Å². The number of benzene rings is 2. The molecule has 0 aliphatic carbocycles. The highest BCUT2D eigenvalue weighted by molar-refractivity contribution is 5.82. The third kappa shape index (κ3) is 1.42. The first-order valence-electron chi connectivity index (χ1n) is 4.96.